The maximum Gasteiger partial charge on any atom is 0.250 e. The molecular formula is C25H27N3O5. The average Bonchev–Trinajstić information content (AvgIpc) is 3.38. The van der Waals surface area contributed by atoms with Crippen LogP contribution in [0.25, 0.3) is 0 Å². The smallest absolute Gasteiger partial charge is 0.250 e. The second kappa shape index (κ2) is 7.40. The van der Waals surface area contributed by atoms with Gasteiger partial charge in [-0.15, -0.1) is 0 Å². The summed E-state index contributed by atoms with van der Waals surface area (Å²) >= 11 is 0. The van der Waals surface area contributed by atoms with Gasteiger partial charge in [0.05, 0.1) is 31.6 Å². The van der Waals surface area contributed by atoms with Crippen molar-refractivity contribution in [3.8, 4) is 5.75 Å². The van der Waals surface area contributed by atoms with Gasteiger partial charge in [0.25, 0.3) is 0 Å². The third-order valence-electron chi connectivity index (χ3n) is 7.47. The van der Waals surface area contributed by atoms with Gasteiger partial charge in [0.2, 0.25) is 17.7 Å². The third kappa shape index (κ3) is 2.87. The quantitative estimate of drug-likeness (QED) is 0.612. The molecule has 3 heterocycles. The molecule has 5 atom stereocenters. The van der Waals surface area contributed by atoms with Crippen LogP contribution in [0.5, 0.6) is 5.75 Å². The molecule has 0 unspecified atom stereocenters. The molecule has 2 fully saturated rings. The first kappa shape index (κ1) is 21.6. The lowest BCUT2D eigenvalue weighted by molar-refractivity contribution is -0.143. The molecule has 0 aliphatic carbocycles. The fourth-order valence-corrected chi connectivity index (χ4v) is 5.59. The van der Waals surface area contributed by atoms with Crippen molar-refractivity contribution in [2.45, 2.75) is 45.0 Å². The highest BCUT2D eigenvalue weighted by Crippen LogP contribution is 2.54. The standard InChI is InChI=1S/C25H27N3O5/c1-12-5-10-17-20(13(12)2)26-24(32)25(17)19-18(21(27-25)14(3)29)22(30)28(23(19)31)11-15-6-8-16(33-4)9-7-15/h5-10,14,18-19,21,27,29H,11H2,1-4H3,(H,26,32)/t14-,18-,19-,21-,25-/m0/s1. The first-order valence-electron chi connectivity index (χ1n) is 11.1. The van der Waals surface area contributed by atoms with Gasteiger partial charge in [-0.1, -0.05) is 24.3 Å². The lowest BCUT2D eigenvalue weighted by Crippen LogP contribution is -2.54. The van der Waals surface area contributed by atoms with Crippen molar-refractivity contribution in [3.05, 3.63) is 58.7 Å². The predicted octanol–water partition coefficient (Wildman–Crippen LogP) is 1.61. The van der Waals surface area contributed by atoms with E-state index in [1.54, 1.807) is 38.3 Å². The van der Waals surface area contributed by atoms with Crippen LogP contribution in [0.1, 0.15) is 29.2 Å². The van der Waals surface area contributed by atoms with Crippen LogP contribution in [0.2, 0.25) is 0 Å². The molecule has 8 heteroatoms. The molecule has 33 heavy (non-hydrogen) atoms. The van der Waals surface area contributed by atoms with E-state index >= 15 is 0 Å². The lowest BCUT2D eigenvalue weighted by Gasteiger charge is -2.30. The summed E-state index contributed by atoms with van der Waals surface area (Å²) in [5, 5.41) is 16.7. The molecule has 3 aliphatic heterocycles. The van der Waals surface area contributed by atoms with E-state index in [1.165, 1.54) is 4.90 Å². The van der Waals surface area contributed by atoms with Gasteiger partial charge in [0, 0.05) is 17.3 Å². The van der Waals surface area contributed by atoms with Crippen LogP contribution in [-0.2, 0) is 26.5 Å². The number of carbonyl (C=O) groups excluding carboxylic acids is 3. The number of carbonyl (C=O) groups is 3. The normalized spacial score (nSPS) is 28.8. The molecule has 8 nitrogen and oxygen atoms in total. The monoisotopic (exact) mass is 449 g/mol. The number of aliphatic hydroxyl groups is 1. The zero-order valence-corrected chi connectivity index (χ0v) is 19.0. The van der Waals surface area contributed by atoms with Crippen molar-refractivity contribution in [2.75, 3.05) is 12.4 Å². The number of benzene rings is 2. The minimum atomic E-state index is -1.40. The van der Waals surface area contributed by atoms with Crippen LogP contribution < -0.4 is 15.4 Å². The number of imide groups is 1. The van der Waals surface area contributed by atoms with Crippen LogP contribution in [0.15, 0.2) is 36.4 Å². The summed E-state index contributed by atoms with van der Waals surface area (Å²) in [4.78, 5) is 41.9. The molecule has 172 valence electrons. The first-order valence-corrected chi connectivity index (χ1v) is 11.1. The number of hydrogen-bond acceptors (Lipinski definition) is 6. The Morgan fingerprint density at radius 3 is 2.42 bits per heavy atom. The Labute approximate surface area is 191 Å². The minimum absolute atomic E-state index is 0.0959. The molecule has 2 saturated heterocycles. The molecule has 2 aromatic carbocycles. The highest BCUT2D eigenvalue weighted by Gasteiger charge is 2.71. The maximum absolute atomic E-state index is 13.7. The number of amides is 3. The molecule has 5 rings (SSSR count). The van der Waals surface area contributed by atoms with Gasteiger partial charge >= 0.3 is 0 Å². The zero-order valence-electron chi connectivity index (χ0n) is 19.0. The third-order valence-corrected chi connectivity index (χ3v) is 7.47. The highest BCUT2D eigenvalue weighted by molar-refractivity contribution is 6.15. The van der Waals surface area contributed by atoms with Crippen LogP contribution in [-0.4, -0.2) is 47.0 Å². The summed E-state index contributed by atoms with van der Waals surface area (Å²) in [5.41, 5.74) is 2.64. The Morgan fingerprint density at radius 2 is 1.79 bits per heavy atom. The fourth-order valence-electron chi connectivity index (χ4n) is 5.59. The predicted molar refractivity (Wildman–Crippen MR) is 120 cm³/mol. The number of aliphatic hydroxyl groups excluding tert-OH is 1. The van der Waals surface area contributed by atoms with E-state index in [9.17, 15) is 19.5 Å². The van der Waals surface area contributed by atoms with Crippen molar-refractivity contribution in [1.82, 2.24) is 10.2 Å². The van der Waals surface area contributed by atoms with E-state index in [0.29, 0.717) is 17.0 Å². The summed E-state index contributed by atoms with van der Waals surface area (Å²) in [6.07, 6.45) is -0.932. The number of ether oxygens (including phenoxy) is 1. The maximum atomic E-state index is 13.7. The number of rotatable bonds is 4. The summed E-state index contributed by atoms with van der Waals surface area (Å²) in [7, 11) is 1.57. The molecule has 0 aromatic heterocycles. The summed E-state index contributed by atoms with van der Waals surface area (Å²) in [5.74, 6) is -2.24. The molecule has 3 amide bonds. The van der Waals surface area contributed by atoms with Gasteiger partial charge < -0.3 is 15.2 Å². The molecular weight excluding hydrogens is 422 g/mol. The fraction of sp³-hybridized carbons (Fsp3) is 0.400. The Morgan fingerprint density at radius 1 is 1.09 bits per heavy atom. The van der Waals surface area contributed by atoms with Gasteiger partial charge in [-0.2, -0.15) is 0 Å². The zero-order chi connectivity index (χ0) is 23.7. The molecule has 3 N–H and O–H groups in total. The SMILES string of the molecule is COc1ccc(CN2C(=O)[C@@H]3[C@H]([C@H](C)O)N[C@]4(C(=O)Nc5c4ccc(C)c5C)[C@@H]3C2=O)cc1. The average molecular weight is 450 g/mol. The van der Waals surface area contributed by atoms with Gasteiger partial charge in [-0.05, 0) is 49.6 Å². The van der Waals surface area contributed by atoms with Crippen LogP contribution in [0.3, 0.4) is 0 Å². The van der Waals surface area contributed by atoms with Crippen molar-refractivity contribution >= 4 is 23.4 Å². The number of aryl methyl sites for hydroxylation is 1. The van der Waals surface area contributed by atoms with E-state index in [1.807, 2.05) is 26.0 Å². The second-order valence-corrected chi connectivity index (χ2v) is 9.22. The van der Waals surface area contributed by atoms with Crippen LogP contribution in [0.4, 0.5) is 5.69 Å². The Bertz CT molecular complexity index is 1180. The minimum Gasteiger partial charge on any atom is -0.497 e. The van der Waals surface area contributed by atoms with E-state index in [-0.39, 0.29) is 18.4 Å². The van der Waals surface area contributed by atoms with Gasteiger partial charge in [-0.25, -0.2) is 0 Å². The van der Waals surface area contributed by atoms with E-state index in [0.717, 1.165) is 16.7 Å². The van der Waals surface area contributed by atoms with Crippen molar-refractivity contribution in [1.29, 1.82) is 0 Å². The van der Waals surface area contributed by atoms with Gasteiger partial charge in [0.1, 0.15) is 11.3 Å². The van der Waals surface area contributed by atoms with E-state index in [2.05, 4.69) is 10.6 Å². The topological polar surface area (TPSA) is 108 Å². The number of anilines is 1. The Balaban J connectivity index is 1.59. The lowest BCUT2D eigenvalue weighted by atomic mass is 9.76. The molecule has 1 spiro atoms. The number of methoxy groups -OCH3 is 1. The number of likely N-dealkylation sites (tertiary alicyclic amines) is 1. The molecule has 3 aliphatic rings. The molecule has 0 bridgehead atoms. The first-order chi connectivity index (χ1) is 15.7. The molecule has 0 radical (unpaired) electrons. The number of fused-ring (bicyclic) bond motifs is 4. The van der Waals surface area contributed by atoms with Crippen molar-refractivity contribution in [3.63, 3.8) is 0 Å². The largest absolute Gasteiger partial charge is 0.497 e. The molecule has 0 saturated carbocycles. The second-order valence-electron chi connectivity index (χ2n) is 9.22. The van der Waals surface area contributed by atoms with Crippen LogP contribution >= 0.6 is 0 Å². The Hall–Kier alpha value is -3.23. The van der Waals surface area contributed by atoms with Crippen molar-refractivity contribution < 1.29 is 24.2 Å². The van der Waals surface area contributed by atoms with E-state index < -0.39 is 35.4 Å². The van der Waals surface area contributed by atoms with Gasteiger partial charge in [-0.3, -0.25) is 24.6 Å². The molecule has 2 aromatic rings. The van der Waals surface area contributed by atoms with Crippen LogP contribution in [0, 0.1) is 25.7 Å². The highest BCUT2D eigenvalue weighted by atomic mass is 16.5. The number of nitrogens with zero attached hydrogens (tertiary/aromatic N) is 1. The van der Waals surface area contributed by atoms with Crippen molar-refractivity contribution in [2.24, 2.45) is 11.8 Å². The number of hydrogen-bond donors (Lipinski definition) is 3. The summed E-state index contributed by atoms with van der Waals surface area (Å²) < 4.78 is 5.18. The van der Waals surface area contributed by atoms with E-state index in [4.69, 9.17) is 4.74 Å². The Kier molecular flexibility index (Phi) is 4.84. The summed E-state index contributed by atoms with van der Waals surface area (Å²) in [6.45, 7) is 5.55. The van der Waals surface area contributed by atoms with Gasteiger partial charge in [0.15, 0.2) is 0 Å². The summed E-state index contributed by atoms with van der Waals surface area (Å²) in [6, 6.07) is 10.2. The number of nitrogens with one attached hydrogen (secondary N) is 2.